The molecule has 4 aliphatic heterocycles. The van der Waals surface area contributed by atoms with Gasteiger partial charge in [-0.1, -0.05) is 93.9 Å². The first-order valence-electron chi connectivity index (χ1n) is 23.1. The van der Waals surface area contributed by atoms with Gasteiger partial charge in [-0.15, -0.1) is 0 Å². The molecule has 0 saturated carbocycles. The van der Waals surface area contributed by atoms with Gasteiger partial charge in [-0.05, 0) is 65.6 Å². The van der Waals surface area contributed by atoms with Crippen molar-refractivity contribution in [3.63, 3.8) is 0 Å². The molecule has 4 aliphatic rings. The predicted molar refractivity (Wildman–Crippen MR) is 253 cm³/mol. The molecule has 64 heavy (non-hydrogen) atoms. The largest absolute Gasteiger partial charge is 0.491 e. The van der Waals surface area contributed by atoms with Crippen LogP contribution in [0.2, 0.25) is 0 Å². The average molecular weight is 883 g/mol. The maximum Gasteiger partial charge on any atom is 0.119 e. The van der Waals surface area contributed by atoms with Crippen LogP contribution in [0.25, 0.3) is 0 Å². The van der Waals surface area contributed by atoms with Gasteiger partial charge in [0.05, 0.1) is 25.9 Å². The second kappa shape index (κ2) is 24.4. The van der Waals surface area contributed by atoms with Gasteiger partial charge in [-0.25, -0.2) is 0 Å². The third-order valence-corrected chi connectivity index (χ3v) is 12.3. The van der Waals surface area contributed by atoms with Crippen molar-refractivity contribution < 1.29 is 38.6 Å². The third kappa shape index (κ3) is 16.1. The summed E-state index contributed by atoms with van der Waals surface area (Å²) in [6.45, 7) is 23.9. The Hall–Kier alpha value is -4.08. The van der Waals surface area contributed by atoms with Crippen molar-refractivity contribution >= 4 is 0 Å². The third-order valence-electron chi connectivity index (χ3n) is 12.3. The molecule has 4 aromatic carbocycles. The summed E-state index contributed by atoms with van der Waals surface area (Å²) in [6.07, 6.45) is -0.430. The van der Waals surface area contributed by atoms with E-state index in [-0.39, 0.29) is 29.6 Å². The van der Waals surface area contributed by atoms with Crippen LogP contribution in [0.4, 0.5) is 0 Å². The summed E-state index contributed by atoms with van der Waals surface area (Å²) in [5.74, 6) is 2.55. The van der Waals surface area contributed by atoms with Gasteiger partial charge in [0.25, 0.3) is 0 Å². The molecule has 12 nitrogen and oxygen atoms in total. The van der Waals surface area contributed by atoms with Crippen molar-refractivity contribution in [2.24, 2.45) is 0 Å². The summed E-state index contributed by atoms with van der Waals surface area (Å²) in [5.41, 5.74) is 6.10. The number of aliphatic hydroxyl groups is 2. The predicted octanol–water partition coefficient (Wildman–Crippen LogP) is 5.43. The molecule has 8 rings (SSSR count). The Morgan fingerprint density at radius 1 is 0.547 bits per heavy atom. The monoisotopic (exact) mass is 883 g/mol. The molecule has 350 valence electrons. The number of hydrogen-bond acceptors (Lipinski definition) is 12. The normalized spacial score (nSPS) is 19.8. The Bertz CT molecular complexity index is 1830. The van der Waals surface area contributed by atoms with Gasteiger partial charge < -0.3 is 49.3 Å². The Morgan fingerprint density at radius 3 is 1.20 bits per heavy atom. The Labute approximate surface area is 382 Å². The maximum atomic E-state index is 10.5. The minimum atomic E-state index is -0.542. The lowest BCUT2D eigenvalue weighted by molar-refractivity contribution is 0.0122. The highest BCUT2D eigenvalue weighted by atomic mass is 16.6. The highest BCUT2D eigenvalue weighted by Crippen LogP contribution is 2.34. The number of methoxy groups -OCH3 is 1. The van der Waals surface area contributed by atoms with Crippen LogP contribution < -0.4 is 24.8 Å². The number of rotatable bonds is 19. The van der Waals surface area contributed by atoms with Crippen molar-refractivity contribution in [3.05, 3.63) is 125 Å². The highest BCUT2D eigenvalue weighted by molar-refractivity contribution is 5.43. The highest BCUT2D eigenvalue weighted by Gasteiger charge is 2.27. The Morgan fingerprint density at radius 2 is 0.875 bits per heavy atom. The lowest BCUT2D eigenvalue weighted by Gasteiger charge is -2.36. The van der Waals surface area contributed by atoms with Gasteiger partial charge in [0.2, 0.25) is 0 Å². The number of aryl methyl sites for hydroxylation is 1. The van der Waals surface area contributed by atoms with E-state index >= 15 is 0 Å². The Kier molecular flexibility index (Phi) is 18.9. The minimum absolute atomic E-state index is 0.0870. The van der Waals surface area contributed by atoms with E-state index in [0.29, 0.717) is 32.9 Å². The minimum Gasteiger partial charge on any atom is -0.491 e. The number of benzene rings is 4. The van der Waals surface area contributed by atoms with Crippen LogP contribution in [-0.4, -0.2) is 157 Å². The number of nitrogens with one attached hydrogen (secondary N) is 2. The van der Waals surface area contributed by atoms with Crippen LogP contribution in [0.5, 0.6) is 17.2 Å². The zero-order valence-electron chi connectivity index (χ0n) is 39.1. The van der Waals surface area contributed by atoms with Crippen molar-refractivity contribution in [2.45, 2.75) is 69.9 Å². The zero-order chi connectivity index (χ0) is 45.4. The number of ether oxygens (including phenoxy) is 6. The first-order valence-corrected chi connectivity index (χ1v) is 23.1. The molecule has 0 spiro atoms. The summed E-state index contributed by atoms with van der Waals surface area (Å²) >= 11 is 0. The van der Waals surface area contributed by atoms with Crippen LogP contribution in [-0.2, 0) is 25.0 Å². The fourth-order valence-corrected chi connectivity index (χ4v) is 7.76. The van der Waals surface area contributed by atoms with Gasteiger partial charge in [0.15, 0.2) is 0 Å². The maximum absolute atomic E-state index is 10.5. The number of β-amino-alcohol motifs (C(OH)–C–C–N with tert-alkyl or cyclic N) is 2. The summed E-state index contributed by atoms with van der Waals surface area (Å²) in [5, 5.41) is 26.8. The van der Waals surface area contributed by atoms with Crippen LogP contribution in [0.15, 0.2) is 97.1 Å². The van der Waals surface area contributed by atoms with E-state index in [2.05, 4.69) is 116 Å². The van der Waals surface area contributed by atoms with E-state index in [1.165, 1.54) is 27.8 Å². The zero-order valence-corrected chi connectivity index (χ0v) is 39.1. The molecular weight excluding hydrogens is 809 g/mol. The smallest absolute Gasteiger partial charge is 0.119 e. The van der Waals surface area contributed by atoms with E-state index in [0.717, 1.165) is 82.8 Å². The van der Waals surface area contributed by atoms with Gasteiger partial charge in [-0.3, -0.25) is 9.80 Å². The molecular formula is C52H74N4O8. The summed E-state index contributed by atoms with van der Waals surface area (Å²) in [4.78, 5) is 4.49. The number of piperazine rings is 2. The van der Waals surface area contributed by atoms with E-state index in [4.69, 9.17) is 28.4 Å². The lowest BCUT2D eigenvalue weighted by atomic mass is 9.78. The van der Waals surface area contributed by atoms with Gasteiger partial charge >= 0.3 is 0 Å². The van der Waals surface area contributed by atoms with Crippen LogP contribution in [0.1, 0.15) is 55.5 Å². The first-order chi connectivity index (χ1) is 30.9. The van der Waals surface area contributed by atoms with Crippen molar-refractivity contribution in [2.75, 3.05) is 112 Å². The average Bonchev–Trinajstić information content (AvgIpc) is 4.26. The number of hydrogen-bond donors (Lipinski definition) is 4. The first kappa shape index (κ1) is 49.4. The fraction of sp³-hybridized carbons (Fsp3) is 0.538. The summed E-state index contributed by atoms with van der Waals surface area (Å²) in [6, 6.07) is 33.6. The van der Waals surface area contributed by atoms with Crippen molar-refractivity contribution in [1.29, 1.82) is 0 Å². The molecule has 4 unspecified atom stereocenters. The molecule has 0 radical (unpaired) electrons. The van der Waals surface area contributed by atoms with E-state index < -0.39 is 12.2 Å². The molecule has 0 bridgehead atoms. The van der Waals surface area contributed by atoms with Crippen LogP contribution in [0, 0.1) is 6.92 Å². The fourth-order valence-electron chi connectivity index (χ4n) is 7.76. The quantitative estimate of drug-likeness (QED) is 0.0896. The van der Waals surface area contributed by atoms with Crippen molar-refractivity contribution in [3.8, 4) is 17.2 Å². The van der Waals surface area contributed by atoms with Gasteiger partial charge in [-0.2, -0.15) is 0 Å². The van der Waals surface area contributed by atoms with Crippen molar-refractivity contribution in [1.82, 2.24) is 20.4 Å². The van der Waals surface area contributed by atoms with E-state index in [1.54, 1.807) is 7.11 Å². The SMILES string of the molecule is C1CNCCN1.CC(C)(c1ccc(OCC2CO2)cc1)c1ccc(OCC2CO2)cc1.COCC(O)CN1CCN(CC(O)COc2ccc(C(C)(C)c3ccc(C)cc3)cc2)CC1. The number of epoxide rings is 2. The summed E-state index contributed by atoms with van der Waals surface area (Å²) < 4.78 is 32.6. The van der Waals surface area contributed by atoms with E-state index in [1.807, 2.05) is 36.4 Å². The van der Waals surface area contributed by atoms with Crippen LogP contribution in [0.3, 0.4) is 0 Å². The molecule has 4 N–H and O–H groups in total. The molecule has 0 aromatic heterocycles. The molecule has 4 atom stereocenters. The van der Waals surface area contributed by atoms with Crippen LogP contribution >= 0.6 is 0 Å². The molecule has 0 aliphatic carbocycles. The molecule has 12 heteroatoms. The van der Waals surface area contributed by atoms with E-state index in [9.17, 15) is 10.2 Å². The molecule has 4 heterocycles. The molecule has 4 aromatic rings. The molecule has 4 fully saturated rings. The lowest BCUT2D eigenvalue weighted by Crippen LogP contribution is -2.51. The molecule has 0 amide bonds. The number of aliphatic hydroxyl groups excluding tert-OH is 2. The molecule has 4 saturated heterocycles. The topological polar surface area (TPSA) is 133 Å². The Balaban J connectivity index is 0.000000192. The standard InChI is InChI=1S/C27H40N2O4.C21H24O4.C4H10N2/c1-21-5-7-22(8-6-21)27(2,3)23-9-11-26(12-10-23)33-20-25(31)18-29-15-13-28(14-16-29)17-24(30)19-32-4;1-21(2,15-3-7-17(8-4-15)22-11-19-13-24-19)16-5-9-18(10-6-16)23-12-20-14-25-20;1-2-6-4-3-5-1/h5-12,24-25,30-31H,13-20H2,1-4H3;3-10,19-20H,11-14H2,1-2H3;5-6H,1-4H2. The summed E-state index contributed by atoms with van der Waals surface area (Å²) in [7, 11) is 1.60. The van der Waals surface area contributed by atoms with Gasteiger partial charge in [0, 0.05) is 83.4 Å². The van der Waals surface area contributed by atoms with Gasteiger partial charge in [0.1, 0.15) is 55.4 Å². The second-order valence-corrected chi connectivity index (χ2v) is 18.4. The second-order valence-electron chi connectivity index (χ2n) is 18.4. The number of nitrogens with zero attached hydrogens (tertiary/aromatic N) is 2.